The minimum atomic E-state index is 0.632. The monoisotopic (exact) mass is 228 g/mol. The lowest BCUT2D eigenvalue weighted by molar-refractivity contribution is 0.456. The summed E-state index contributed by atoms with van der Waals surface area (Å²) in [5, 5.41) is 3.07. The second-order valence-corrected chi connectivity index (χ2v) is 3.87. The quantitative estimate of drug-likeness (QED) is 0.873. The average Bonchev–Trinajstić information content (AvgIpc) is 2.33. The average molecular weight is 228 g/mol. The maximum absolute atomic E-state index is 5.76. The summed E-state index contributed by atoms with van der Waals surface area (Å²) in [6, 6.07) is 13.7. The Hall–Kier alpha value is -1.87. The van der Waals surface area contributed by atoms with Crippen molar-refractivity contribution in [2.45, 2.75) is 13.5 Å². The van der Waals surface area contributed by atoms with Crippen molar-refractivity contribution in [3.05, 3.63) is 53.7 Å². The van der Waals surface area contributed by atoms with Crippen LogP contribution in [0.3, 0.4) is 0 Å². The predicted octanol–water partition coefficient (Wildman–Crippen LogP) is 2.90. The molecule has 0 unspecified atom stereocenters. The molecule has 1 aromatic heterocycles. The highest BCUT2D eigenvalue weighted by Gasteiger charge is 2.02. The number of aryl methyl sites for hydroxylation is 1. The largest absolute Gasteiger partial charge is 0.439 e. The normalized spacial score (nSPS) is 10.2. The molecule has 0 bridgehead atoms. The van der Waals surface area contributed by atoms with Gasteiger partial charge < -0.3 is 10.1 Å². The fourth-order valence-electron chi connectivity index (χ4n) is 1.58. The molecule has 1 N–H and O–H groups in total. The summed E-state index contributed by atoms with van der Waals surface area (Å²) in [6.45, 7) is 2.76. The van der Waals surface area contributed by atoms with Crippen LogP contribution in [0.25, 0.3) is 0 Å². The molecule has 0 aliphatic rings. The highest BCUT2D eigenvalue weighted by Crippen LogP contribution is 2.22. The van der Waals surface area contributed by atoms with Crippen LogP contribution in [0.1, 0.15) is 11.3 Å². The Labute approximate surface area is 101 Å². The topological polar surface area (TPSA) is 34.1 Å². The molecule has 0 radical (unpaired) electrons. The maximum atomic E-state index is 5.76. The van der Waals surface area contributed by atoms with Gasteiger partial charge in [-0.25, -0.2) is 4.98 Å². The Balaban J connectivity index is 2.18. The van der Waals surface area contributed by atoms with E-state index in [-0.39, 0.29) is 0 Å². The van der Waals surface area contributed by atoms with Crippen molar-refractivity contribution in [3.8, 4) is 11.6 Å². The van der Waals surface area contributed by atoms with Crippen molar-refractivity contribution in [1.29, 1.82) is 0 Å². The van der Waals surface area contributed by atoms with E-state index in [1.54, 1.807) is 0 Å². The van der Waals surface area contributed by atoms with Crippen molar-refractivity contribution >= 4 is 0 Å². The third-order valence-corrected chi connectivity index (χ3v) is 2.45. The Morgan fingerprint density at radius 3 is 2.71 bits per heavy atom. The molecule has 0 saturated heterocycles. The van der Waals surface area contributed by atoms with Crippen LogP contribution in [-0.4, -0.2) is 12.0 Å². The van der Waals surface area contributed by atoms with Gasteiger partial charge in [0.05, 0.1) is 5.69 Å². The number of ether oxygens (including phenoxy) is 1. The fourth-order valence-corrected chi connectivity index (χ4v) is 1.58. The summed E-state index contributed by atoms with van der Waals surface area (Å²) < 4.78 is 5.76. The van der Waals surface area contributed by atoms with E-state index >= 15 is 0 Å². The number of pyridine rings is 1. The molecule has 0 aliphatic heterocycles. The first-order valence-corrected chi connectivity index (χ1v) is 5.63. The first-order chi connectivity index (χ1) is 8.29. The van der Waals surface area contributed by atoms with Crippen LogP contribution < -0.4 is 10.1 Å². The van der Waals surface area contributed by atoms with Gasteiger partial charge in [0.25, 0.3) is 0 Å². The Bertz CT molecular complexity index is 497. The molecular formula is C14H16N2O. The van der Waals surface area contributed by atoms with Crippen molar-refractivity contribution in [3.63, 3.8) is 0 Å². The van der Waals surface area contributed by atoms with Crippen LogP contribution >= 0.6 is 0 Å². The maximum Gasteiger partial charge on any atom is 0.219 e. The van der Waals surface area contributed by atoms with Gasteiger partial charge in [0.15, 0.2) is 0 Å². The highest BCUT2D eigenvalue weighted by molar-refractivity contribution is 5.35. The van der Waals surface area contributed by atoms with Crippen LogP contribution in [0.15, 0.2) is 42.5 Å². The lowest BCUT2D eigenvalue weighted by atomic mass is 10.2. The van der Waals surface area contributed by atoms with E-state index < -0.39 is 0 Å². The predicted molar refractivity (Wildman–Crippen MR) is 68.3 cm³/mol. The van der Waals surface area contributed by atoms with E-state index in [0.717, 1.165) is 23.6 Å². The van der Waals surface area contributed by atoms with Gasteiger partial charge >= 0.3 is 0 Å². The standard InChI is InChI=1S/C14H16N2O/c1-11-6-3-4-8-13(11)17-14-9-5-7-12(16-14)10-15-2/h3-9,15H,10H2,1-2H3. The lowest BCUT2D eigenvalue weighted by Crippen LogP contribution is -2.06. The highest BCUT2D eigenvalue weighted by atomic mass is 16.5. The molecule has 0 atom stereocenters. The smallest absolute Gasteiger partial charge is 0.219 e. The molecule has 1 heterocycles. The van der Waals surface area contributed by atoms with Crippen LogP contribution in [0.2, 0.25) is 0 Å². The second kappa shape index (κ2) is 5.46. The minimum absolute atomic E-state index is 0.632. The third-order valence-electron chi connectivity index (χ3n) is 2.45. The number of para-hydroxylation sites is 1. The molecule has 0 fully saturated rings. The van der Waals surface area contributed by atoms with Gasteiger partial charge in [-0.3, -0.25) is 0 Å². The van der Waals surface area contributed by atoms with Gasteiger partial charge in [-0.05, 0) is 31.7 Å². The van der Waals surface area contributed by atoms with Gasteiger partial charge in [0, 0.05) is 12.6 Å². The summed E-state index contributed by atoms with van der Waals surface area (Å²) >= 11 is 0. The number of rotatable bonds is 4. The van der Waals surface area contributed by atoms with E-state index in [2.05, 4.69) is 10.3 Å². The minimum Gasteiger partial charge on any atom is -0.439 e. The van der Waals surface area contributed by atoms with Crippen molar-refractivity contribution in [2.24, 2.45) is 0 Å². The van der Waals surface area contributed by atoms with Gasteiger partial charge in [-0.15, -0.1) is 0 Å². The van der Waals surface area contributed by atoms with Crippen LogP contribution in [0, 0.1) is 6.92 Å². The lowest BCUT2D eigenvalue weighted by Gasteiger charge is -2.08. The summed E-state index contributed by atoms with van der Waals surface area (Å²) in [6.07, 6.45) is 0. The number of benzene rings is 1. The molecule has 1 aromatic carbocycles. The van der Waals surface area contributed by atoms with Crippen LogP contribution in [0.4, 0.5) is 0 Å². The number of aromatic nitrogens is 1. The zero-order chi connectivity index (χ0) is 12.1. The van der Waals surface area contributed by atoms with Gasteiger partial charge in [-0.1, -0.05) is 24.3 Å². The molecule has 88 valence electrons. The Morgan fingerprint density at radius 1 is 1.12 bits per heavy atom. The molecule has 0 amide bonds. The van der Waals surface area contributed by atoms with E-state index in [4.69, 9.17) is 4.74 Å². The summed E-state index contributed by atoms with van der Waals surface area (Å²) in [5.74, 6) is 1.48. The molecule has 0 spiro atoms. The molecule has 3 heteroatoms. The molecule has 17 heavy (non-hydrogen) atoms. The third kappa shape index (κ3) is 3.04. The van der Waals surface area contributed by atoms with Crippen molar-refractivity contribution < 1.29 is 4.74 Å². The summed E-state index contributed by atoms with van der Waals surface area (Å²) in [5.41, 5.74) is 2.08. The fraction of sp³-hybridized carbons (Fsp3) is 0.214. The number of nitrogens with one attached hydrogen (secondary N) is 1. The van der Waals surface area contributed by atoms with Gasteiger partial charge in [0.1, 0.15) is 5.75 Å². The second-order valence-electron chi connectivity index (χ2n) is 3.87. The molecule has 2 aromatic rings. The SMILES string of the molecule is CNCc1cccc(Oc2ccccc2C)n1. The first kappa shape index (κ1) is 11.6. The molecule has 3 nitrogen and oxygen atoms in total. The number of hydrogen-bond acceptors (Lipinski definition) is 3. The van der Waals surface area contributed by atoms with E-state index in [9.17, 15) is 0 Å². The van der Waals surface area contributed by atoms with Crippen molar-refractivity contribution in [1.82, 2.24) is 10.3 Å². The van der Waals surface area contributed by atoms with E-state index in [1.807, 2.05) is 56.4 Å². The first-order valence-electron chi connectivity index (χ1n) is 5.63. The Morgan fingerprint density at radius 2 is 1.94 bits per heavy atom. The zero-order valence-corrected chi connectivity index (χ0v) is 10.1. The van der Waals surface area contributed by atoms with Gasteiger partial charge in [-0.2, -0.15) is 0 Å². The zero-order valence-electron chi connectivity index (χ0n) is 10.1. The van der Waals surface area contributed by atoms with Crippen LogP contribution in [-0.2, 0) is 6.54 Å². The molecule has 0 saturated carbocycles. The molecular weight excluding hydrogens is 212 g/mol. The Kier molecular flexibility index (Phi) is 3.73. The number of hydrogen-bond donors (Lipinski definition) is 1. The van der Waals surface area contributed by atoms with Crippen LogP contribution in [0.5, 0.6) is 11.6 Å². The summed E-state index contributed by atoms with van der Waals surface area (Å²) in [7, 11) is 1.90. The molecule has 2 rings (SSSR count). The van der Waals surface area contributed by atoms with E-state index in [1.165, 1.54) is 0 Å². The van der Waals surface area contributed by atoms with Gasteiger partial charge in [0.2, 0.25) is 5.88 Å². The summed E-state index contributed by atoms with van der Waals surface area (Å²) in [4.78, 5) is 4.41. The van der Waals surface area contributed by atoms with Crippen molar-refractivity contribution in [2.75, 3.05) is 7.05 Å². The van der Waals surface area contributed by atoms with E-state index in [0.29, 0.717) is 5.88 Å². The molecule has 0 aliphatic carbocycles. The number of nitrogens with zero attached hydrogens (tertiary/aromatic N) is 1.